The Morgan fingerprint density at radius 3 is 1.16 bits per heavy atom. The molecule has 1 saturated heterocycles. The SMILES string of the molecule is BrCC1CC1.CC1CCCO1.COC(=O)C(CC1CC1)(OC)C(=O)OC.COC(=O)C(CO)(CC1CC1)OC.COC(=O)C(OC)C(=O)OC.COC(CO)(CC1CC1)C(=O)O.O.OO.[Li+].[OH-]. The number of carboxylic acid groups (broad SMARTS) is 1. The molecule has 25 heteroatoms. The number of carbonyl (C=O) groups is 6. The van der Waals surface area contributed by atoms with E-state index in [9.17, 15) is 28.8 Å². The van der Waals surface area contributed by atoms with Gasteiger partial charge in [-0.2, -0.15) is 0 Å². The summed E-state index contributed by atoms with van der Waals surface area (Å²) in [5, 5.41) is 40.1. The van der Waals surface area contributed by atoms with E-state index in [0.717, 1.165) is 65.3 Å². The molecule has 0 radical (unpaired) electrons. The molecule has 1 aliphatic heterocycles. The summed E-state index contributed by atoms with van der Waals surface area (Å²) < 4.78 is 46.9. The van der Waals surface area contributed by atoms with Gasteiger partial charge in [0, 0.05) is 46.8 Å². The third kappa shape index (κ3) is 28.0. The van der Waals surface area contributed by atoms with Crippen LogP contribution in [0.25, 0.3) is 0 Å². The number of aliphatic carboxylic acids is 1. The number of hydrogen-bond donors (Lipinski definition) is 5. The van der Waals surface area contributed by atoms with Gasteiger partial charge in [-0.25, -0.2) is 28.8 Å². The van der Waals surface area contributed by atoms with Crippen molar-refractivity contribution >= 4 is 51.7 Å². The summed E-state index contributed by atoms with van der Waals surface area (Å²) in [6.07, 6.45) is 12.4. The Morgan fingerprint density at radius 1 is 0.597 bits per heavy atom. The summed E-state index contributed by atoms with van der Waals surface area (Å²) in [6.45, 7) is 2.34. The molecule has 3 unspecified atom stereocenters. The first-order valence-electron chi connectivity index (χ1n) is 20.8. The number of rotatable bonds is 19. The second kappa shape index (κ2) is 40.2. The molecule has 0 spiro atoms. The van der Waals surface area contributed by atoms with Gasteiger partial charge in [-0.1, -0.05) is 54.5 Å². The number of carboxylic acids is 1. The van der Waals surface area contributed by atoms with Gasteiger partial charge in [0.25, 0.3) is 11.7 Å². The number of methoxy groups -OCH3 is 9. The van der Waals surface area contributed by atoms with E-state index < -0.39 is 65.3 Å². The summed E-state index contributed by atoms with van der Waals surface area (Å²) in [4.78, 5) is 66.7. The van der Waals surface area contributed by atoms with E-state index in [1.807, 2.05) is 0 Å². The minimum atomic E-state index is -1.58. The van der Waals surface area contributed by atoms with Crippen molar-refractivity contribution in [1.29, 1.82) is 0 Å². The van der Waals surface area contributed by atoms with Gasteiger partial charge >= 0.3 is 54.7 Å². The number of aliphatic hydroxyl groups is 2. The number of ether oxygens (including phenoxy) is 10. The van der Waals surface area contributed by atoms with Crippen molar-refractivity contribution in [3.05, 3.63) is 0 Å². The average Bonchev–Trinajstić information content (AvgIpc) is 4.09. The van der Waals surface area contributed by atoms with E-state index in [0.29, 0.717) is 43.1 Å². The van der Waals surface area contributed by atoms with Crippen LogP contribution in [-0.2, 0) is 76.1 Å². The van der Waals surface area contributed by atoms with Crippen molar-refractivity contribution in [3.8, 4) is 0 Å². The van der Waals surface area contributed by atoms with Gasteiger partial charge in [0.05, 0.1) is 54.9 Å². The van der Waals surface area contributed by atoms with E-state index in [-0.39, 0.29) is 36.4 Å². The molecular weight excluding hydrogens is 959 g/mol. The monoisotopic (exact) mass is 1040 g/mol. The molecule has 0 amide bonds. The van der Waals surface area contributed by atoms with E-state index in [4.69, 9.17) is 44.8 Å². The van der Waals surface area contributed by atoms with Gasteiger partial charge in [0.1, 0.15) is 0 Å². The average molecular weight is 1040 g/mol. The molecule has 1 heterocycles. The second-order valence-electron chi connectivity index (χ2n) is 15.5. The Balaban J connectivity index is -0.000000232. The Hall–Kier alpha value is -2.54. The van der Waals surface area contributed by atoms with Crippen molar-refractivity contribution in [1.82, 2.24) is 0 Å². The first-order valence-corrected chi connectivity index (χ1v) is 22.0. The summed E-state index contributed by atoms with van der Waals surface area (Å²) in [5.74, 6) is -2.13. The van der Waals surface area contributed by atoms with E-state index in [1.165, 1.54) is 80.8 Å². The normalized spacial score (nSPS) is 18.0. The van der Waals surface area contributed by atoms with Gasteiger partial charge in [-0.3, -0.25) is 10.5 Å². The third-order valence-corrected chi connectivity index (χ3v) is 11.6. The van der Waals surface area contributed by atoms with Crippen molar-refractivity contribution in [2.24, 2.45) is 23.7 Å². The molecule has 8 N–H and O–H groups in total. The molecule has 5 fully saturated rings. The number of aliphatic hydroxyl groups excluding tert-OH is 2. The van der Waals surface area contributed by atoms with Crippen molar-refractivity contribution in [2.75, 3.05) is 89.1 Å². The maximum Gasteiger partial charge on any atom is 1.00 e. The van der Waals surface area contributed by atoms with Crippen LogP contribution in [0.1, 0.15) is 90.4 Å². The van der Waals surface area contributed by atoms with Crippen LogP contribution in [0.2, 0.25) is 0 Å². The molecule has 67 heavy (non-hydrogen) atoms. The fourth-order valence-electron chi connectivity index (χ4n) is 5.73. The molecule has 5 aliphatic rings. The van der Waals surface area contributed by atoms with Crippen LogP contribution in [0.3, 0.4) is 0 Å². The molecule has 0 aromatic rings. The largest absolute Gasteiger partial charge is 1.00 e. The molecular formula is C42H78BrLiO23. The number of carbonyl (C=O) groups excluding carboxylic acids is 5. The standard InChI is InChI=1S/C10H16O5.C9H16O4.C8H14O4.C6H10O5.C5H10O.C4H7Br.Li.H2O2.2H2O/c1-13-8(11)10(15-3,9(12)14-2)6-7-4-5-7;1-12-8(11)9(6-10,13-2)5-7-3-4-7;1-12-8(5-9,7(10)11)4-6-2-3-6;1-9-4(5(7)10-2)6(8)11-3;1-5-3-2-4-6-5;5-3-4-1-2-4;;1-2;;/h7H,4-6H2,1-3H3;7,10H,3-6H2,1-2H3;6,9H,2-5H2,1H3,(H,10,11);4H,1-3H3;5H,2-4H2,1H3;4H,1-3H2;;1-2H;2*1H2/q;;;;;;+1;;;/p-1. The quantitative estimate of drug-likeness (QED) is 0.0206. The molecule has 23 nitrogen and oxygen atoms in total. The van der Waals surface area contributed by atoms with Crippen molar-refractivity contribution in [2.45, 2.75) is 119 Å². The van der Waals surface area contributed by atoms with Crippen LogP contribution in [0.5, 0.6) is 0 Å². The van der Waals surface area contributed by atoms with Crippen LogP contribution in [-0.4, -0.2) is 191 Å². The molecule has 0 aromatic heterocycles. The molecule has 3 atom stereocenters. The van der Waals surface area contributed by atoms with E-state index in [2.05, 4.69) is 51.3 Å². The molecule has 0 bridgehead atoms. The fourth-order valence-corrected chi connectivity index (χ4v) is 6.38. The van der Waals surface area contributed by atoms with Gasteiger partial charge in [0.15, 0.2) is 11.2 Å². The van der Waals surface area contributed by atoms with Gasteiger partial charge in [0.2, 0.25) is 0 Å². The summed E-state index contributed by atoms with van der Waals surface area (Å²) in [6, 6.07) is 0. The second-order valence-corrected chi connectivity index (χ2v) is 16.2. The Bertz CT molecular complexity index is 1300. The van der Waals surface area contributed by atoms with Gasteiger partial charge in [-0.05, 0) is 69.1 Å². The zero-order valence-corrected chi connectivity index (χ0v) is 42.7. The first-order chi connectivity index (χ1) is 30.4. The maximum atomic E-state index is 11.6. The maximum absolute atomic E-state index is 11.6. The zero-order valence-electron chi connectivity index (χ0n) is 41.1. The Kier molecular flexibility index (Phi) is 44.1. The summed E-state index contributed by atoms with van der Waals surface area (Å²) >= 11 is 3.38. The Labute approximate surface area is 414 Å². The minimum absolute atomic E-state index is 0. The Morgan fingerprint density at radius 2 is 0.970 bits per heavy atom. The van der Waals surface area contributed by atoms with Crippen molar-refractivity contribution < 1.29 is 132 Å². The predicted octanol–water partition coefficient (Wildman–Crippen LogP) is -0.553. The number of halogens is 1. The number of hydrogen-bond acceptors (Lipinski definition) is 21. The fraction of sp³-hybridized carbons (Fsp3) is 0.857. The summed E-state index contributed by atoms with van der Waals surface area (Å²) in [7, 11) is 11.4. The van der Waals surface area contributed by atoms with Crippen LogP contribution in [0, 0.1) is 23.7 Å². The number of esters is 5. The number of alkyl halides is 1. The minimum Gasteiger partial charge on any atom is -0.870 e. The van der Waals surface area contributed by atoms with Crippen molar-refractivity contribution in [3.63, 3.8) is 0 Å². The van der Waals surface area contributed by atoms with E-state index >= 15 is 0 Å². The van der Waals surface area contributed by atoms with Crippen LogP contribution in [0.15, 0.2) is 0 Å². The van der Waals surface area contributed by atoms with Crippen LogP contribution < -0.4 is 18.9 Å². The molecule has 4 aliphatic carbocycles. The van der Waals surface area contributed by atoms with Gasteiger partial charge in [-0.15, -0.1) is 0 Å². The third-order valence-electron chi connectivity index (χ3n) is 10.7. The smallest absolute Gasteiger partial charge is 0.870 e. The topological polar surface area (TPSA) is 357 Å². The molecule has 4 saturated carbocycles. The summed E-state index contributed by atoms with van der Waals surface area (Å²) in [5.41, 5.74) is -4.07. The van der Waals surface area contributed by atoms with Crippen LogP contribution >= 0.6 is 15.9 Å². The first kappa shape index (κ1) is 73.4. The zero-order chi connectivity index (χ0) is 49.5. The molecule has 5 rings (SSSR count). The molecule has 392 valence electrons. The molecule has 0 aromatic carbocycles. The predicted molar refractivity (Wildman–Crippen MR) is 236 cm³/mol. The van der Waals surface area contributed by atoms with Gasteiger partial charge < -0.3 is 73.6 Å². The van der Waals surface area contributed by atoms with Crippen LogP contribution in [0.4, 0.5) is 0 Å². The van der Waals surface area contributed by atoms with E-state index in [1.54, 1.807) is 0 Å².